The van der Waals surface area contributed by atoms with E-state index in [9.17, 15) is 19.7 Å². The first-order valence-electron chi connectivity index (χ1n) is 10.3. The Morgan fingerprint density at radius 3 is 2.82 bits per heavy atom. The fraction of sp³-hybridized carbons (Fsp3) is 0.273. The van der Waals surface area contributed by atoms with Crippen LogP contribution in [0.15, 0.2) is 50.8 Å². The van der Waals surface area contributed by atoms with Crippen molar-refractivity contribution < 1.29 is 19.2 Å². The van der Waals surface area contributed by atoms with Crippen LogP contribution in [0.4, 0.5) is 5.69 Å². The predicted molar refractivity (Wildman–Crippen MR) is 127 cm³/mol. The molecule has 1 aromatic heterocycles. The fourth-order valence-electron chi connectivity index (χ4n) is 3.50. The normalized spacial score (nSPS) is 14.0. The molecule has 11 nitrogen and oxygen atoms in total. The summed E-state index contributed by atoms with van der Waals surface area (Å²) in [5.41, 5.74) is 0.0570. The zero-order chi connectivity index (χ0) is 24.2. The maximum Gasteiger partial charge on any atom is 0.311 e. The van der Waals surface area contributed by atoms with Gasteiger partial charge in [-0.15, -0.1) is 0 Å². The zero-order valence-corrected chi connectivity index (χ0v) is 19.7. The number of nitro benzene ring substituents is 1. The van der Waals surface area contributed by atoms with Crippen molar-refractivity contribution in [3.05, 3.63) is 72.7 Å². The van der Waals surface area contributed by atoms with Gasteiger partial charge in [0.1, 0.15) is 5.82 Å². The number of benzene rings is 2. The number of para-hydroxylation sites is 1. The summed E-state index contributed by atoms with van der Waals surface area (Å²) in [6, 6.07) is 9.46. The number of amides is 1. The molecule has 34 heavy (non-hydrogen) atoms. The van der Waals surface area contributed by atoms with Crippen molar-refractivity contribution in [2.45, 2.75) is 6.92 Å². The maximum absolute atomic E-state index is 13.0. The van der Waals surface area contributed by atoms with Gasteiger partial charge in [-0.3, -0.25) is 19.7 Å². The Morgan fingerprint density at radius 1 is 1.32 bits per heavy atom. The smallest absolute Gasteiger partial charge is 0.311 e. The van der Waals surface area contributed by atoms with Crippen molar-refractivity contribution in [1.29, 1.82) is 0 Å². The van der Waals surface area contributed by atoms with E-state index in [-0.39, 0.29) is 29.5 Å². The third-order valence-electron chi connectivity index (χ3n) is 5.21. The van der Waals surface area contributed by atoms with Gasteiger partial charge >= 0.3 is 5.69 Å². The number of halogens is 1. The number of carbonyl (C=O) groups excluding carboxylic acids is 1. The van der Waals surface area contributed by atoms with E-state index in [1.54, 1.807) is 36.1 Å². The summed E-state index contributed by atoms with van der Waals surface area (Å²) in [4.78, 5) is 42.4. The van der Waals surface area contributed by atoms with Gasteiger partial charge in [0.25, 0.3) is 11.5 Å². The number of nitrogens with zero attached hydrogens (tertiary/aromatic N) is 5. The number of morpholine rings is 1. The van der Waals surface area contributed by atoms with Crippen LogP contribution in [0.25, 0.3) is 10.9 Å². The lowest BCUT2D eigenvalue weighted by atomic mass is 10.2. The molecule has 176 valence electrons. The van der Waals surface area contributed by atoms with Gasteiger partial charge in [-0.1, -0.05) is 22.0 Å². The number of hydrogen-bond donors (Lipinski definition) is 0. The minimum atomic E-state index is -0.599. The second-order valence-electron chi connectivity index (χ2n) is 7.42. The molecular weight excluding hydrogens is 510 g/mol. The van der Waals surface area contributed by atoms with Crippen molar-refractivity contribution >= 4 is 44.6 Å². The number of aryl methyl sites for hydroxylation is 1. The van der Waals surface area contributed by atoms with Gasteiger partial charge < -0.3 is 14.4 Å². The molecule has 1 amide bonds. The number of rotatable bonds is 6. The van der Waals surface area contributed by atoms with Gasteiger partial charge in [-0.2, -0.15) is 9.78 Å². The highest BCUT2D eigenvalue weighted by Gasteiger charge is 2.22. The standard InChI is InChI=1S/C22H20BrN5O6/c1-14-25-18-6-5-16(23)11-17(18)22(30)27(14)24-12-15-3-2-4-19(28(31)32)21(15)34-13-20(29)26-7-9-33-10-8-26/h2-6,11-12H,7-10,13H2,1H3. The monoisotopic (exact) mass is 529 g/mol. The second kappa shape index (κ2) is 10.1. The molecule has 0 unspecified atom stereocenters. The molecule has 0 radical (unpaired) electrons. The molecule has 4 rings (SSSR count). The number of fused-ring (bicyclic) bond motifs is 1. The van der Waals surface area contributed by atoms with E-state index >= 15 is 0 Å². The maximum atomic E-state index is 13.0. The quantitative estimate of drug-likeness (QED) is 0.272. The summed E-state index contributed by atoms with van der Waals surface area (Å²) in [6.07, 6.45) is 1.28. The highest BCUT2D eigenvalue weighted by Crippen LogP contribution is 2.30. The first-order valence-corrected chi connectivity index (χ1v) is 11.1. The number of aromatic nitrogens is 2. The molecule has 0 N–H and O–H groups in total. The van der Waals surface area contributed by atoms with E-state index < -0.39 is 10.5 Å². The first-order chi connectivity index (χ1) is 16.3. The summed E-state index contributed by atoms with van der Waals surface area (Å²) in [5, 5.41) is 16.2. The van der Waals surface area contributed by atoms with Crippen LogP contribution in [0.1, 0.15) is 11.4 Å². The Morgan fingerprint density at radius 2 is 2.09 bits per heavy atom. The lowest BCUT2D eigenvalue weighted by Crippen LogP contribution is -2.43. The molecule has 1 aliphatic rings. The van der Waals surface area contributed by atoms with Crippen molar-refractivity contribution in [2.24, 2.45) is 5.10 Å². The van der Waals surface area contributed by atoms with E-state index in [2.05, 4.69) is 26.0 Å². The Balaban J connectivity index is 1.67. The van der Waals surface area contributed by atoms with E-state index in [1.807, 2.05) is 0 Å². The van der Waals surface area contributed by atoms with Crippen LogP contribution in [0, 0.1) is 17.0 Å². The molecule has 0 aliphatic carbocycles. The molecule has 1 fully saturated rings. The summed E-state index contributed by atoms with van der Waals surface area (Å²) in [6.45, 7) is 2.98. The lowest BCUT2D eigenvalue weighted by molar-refractivity contribution is -0.385. The molecule has 0 spiro atoms. The van der Waals surface area contributed by atoms with E-state index in [0.717, 1.165) is 9.15 Å². The fourth-order valence-corrected chi connectivity index (χ4v) is 3.86. The predicted octanol–water partition coefficient (Wildman–Crippen LogP) is 2.50. The van der Waals surface area contributed by atoms with Crippen LogP contribution in [0.3, 0.4) is 0 Å². The van der Waals surface area contributed by atoms with Crippen molar-refractivity contribution in [2.75, 3.05) is 32.9 Å². The minimum Gasteiger partial charge on any atom is -0.476 e. The Kier molecular flexibility index (Phi) is 6.98. The Labute approximate surface area is 201 Å². The highest BCUT2D eigenvalue weighted by molar-refractivity contribution is 9.10. The molecule has 0 atom stereocenters. The third-order valence-corrected chi connectivity index (χ3v) is 5.70. The van der Waals surface area contributed by atoms with Gasteiger partial charge in [0.15, 0.2) is 6.61 Å². The van der Waals surface area contributed by atoms with Crippen LogP contribution < -0.4 is 10.3 Å². The molecule has 1 aliphatic heterocycles. The zero-order valence-electron chi connectivity index (χ0n) is 18.1. The number of carbonyl (C=O) groups is 1. The topological polar surface area (TPSA) is 129 Å². The second-order valence-corrected chi connectivity index (χ2v) is 8.33. The number of nitro groups is 1. The summed E-state index contributed by atoms with van der Waals surface area (Å²) in [7, 11) is 0. The van der Waals surface area contributed by atoms with Gasteiger partial charge in [0.05, 0.1) is 35.3 Å². The van der Waals surface area contributed by atoms with Crippen LogP contribution in [0.2, 0.25) is 0 Å². The van der Waals surface area contributed by atoms with Gasteiger partial charge in [-0.05, 0) is 31.2 Å². The van der Waals surface area contributed by atoms with E-state index in [1.165, 1.54) is 18.3 Å². The molecule has 0 saturated carbocycles. The van der Waals surface area contributed by atoms with Crippen molar-refractivity contribution in [3.63, 3.8) is 0 Å². The largest absolute Gasteiger partial charge is 0.476 e. The van der Waals surface area contributed by atoms with Gasteiger partial charge in [0, 0.05) is 29.2 Å². The molecule has 2 heterocycles. The Bertz CT molecular complexity index is 1350. The van der Waals surface area contributed by atoms with E-state index in [0.29, 0.717) is 43.0 Å². The van der Waals surface area contributed by atoms with Crippen LogP contribution in [0.5, 0.6) is 5.75 Å². The molecule has 0 bridgehead atoms. The highest BCUT2D eigenvalue weighted by atomic mass is 79.9. The SMILES string of the molecule is Cc1nc2ccc(Br)cc2c(=O)n1N=Cc1cccc([N+](=O)[O-])c1OCC(=O)N1CCOCC1. The molecular formula is C22H20BrN5O6. The number of hydrogen-bond acceptors (Lipinski definition) is 8. The average Bonchev–Trinajstić information content (AvgIpc) is 2.83. The molecule has 1 saturated heterocycles. The summed E-state index contributed by atoms with van der Waals surface area (Å²) >= 11 is 3.34. The Hall–Kier alpha value is -3.64. The van der Waals surface area contributed by atoms with Crippen LogP contribution in [-0.2, 0) is 9.53 Å². The first kappa shape index (κ1) is 23.5. The molecule has 3 aromatic rings. The van der Waals surface area contributed by atoms with Crippen LogP contribution >= 0.6 is 15.9 Å². The van der Waals surface area contributed by atoms with Crippen molar-refractivity contribution in [3.8, 4) is 5.75 Å². The van der Waals surface area contributed by atoms with Gasteiger partial charge in [0.2, 0.25) is 5.75 Å². The number of ether oxygens (including phenoxy) is 2. The summed E-state index contributed by atoms with van der Waals surface area (Å²) in [5.74, 6) is -0.0766. The minimum absolute atomic E-state index is 0.111. The lowest BCUT2D eigenvalue weighted by Gasteiger charge is -2.26. The third kappa shape index (κ3) is 4.97. The van der Waals surface area contributed by atoms with Crippen molar-refractivity contribution in [1.82, 2.24) is 14.6 Å². The summed E-state index contributed by atoms with van der Waals surface area (Å²) < 4.78 is 12.7. The van der Waals surface area contributed by atoms with E-state index in [4.69, 9.17) is 9.47 Å². The molecule has 12 heteroatoms. The van der Waals surface area contributed by atoms with Gasteiger partial charge in [-0.25, -0.2) is 4.98 Å². The average molecular weight is 530 g/mol. The molecule has 2 aromatic carbocycles. The van der Waals surface area contributed by atoms with Crippen LogP contribution in [-0.4, -0.2) is 64.5 Å².